The summed E-state index contributed by atoms with van der Waals surface area (Å²) in [7, 11) is -2.17. The van der Waals surface area contributed by atoms with E-state index in [1.165, 1.54) is 31.6 Å². The van der Waals surface area contributed by atoms with E-state index in [1.807, 2.05) is 0 Å². The van der Waals surface area contributed by atoms with Crippen molar-refractivity contribution in [2.45, 2.75) is 9.92 Å². The molecule has 106 valence electrons. The van der Waals surface area contributed by atoms with E-state index in [1.54, 1.807) is 24.4 Å². The van der Waals surface area contributed by atoms with Crippen molar-refractivity contribution in [1.82, 2.24) is 15.2 Å². The quantitative estimate of drug-likeness (QED) is 0.734. The first kappa shape index (κ1) is 13.4. The highest BCUT2D eigenvalue weighted by molar-refractivity contribution is 7.91. The second kappa shape index (κ2) is 5.10. The summed E-state index contributed by atoms with van der Waals surface area (Å²) in [5.41, 5.74) is 0. The number of nitrogens with zero attached hydrogens (tertiary/aromatic N) is 3. The third kappa shape index (κ3) is 2.43. The molecule has 0 atom stereocenters. The standard InChI is InChI=1S/C14H11N3O3S/c1-20-12-3-5-14(15-9-12)21(18,19)13-4-2-10-7-16-17-8-11(10)6-13/h2-9H,1H3. The lowest BCUT2D eigenvalue weighted by Gasteiger charge is -2.06. The van der Waals surface area contributed by atoms with Gasteiger partial charge in [0.05, 0.1) is 30.6 Å². The van der Waals surface area contributed by atoms with Gasteiger partial charge < -0.3 is 4.74 Å². The number of ether oxygens (including phenoxy) is 1. The molecule has 0 aliphatic rings. The number of pyridine rings is 1. The topological polar surface area (TPSA) is 82.0 Å². The van der Waals surface area contributed by atoms with E-state index < -0.39 is 9.84 Å². The fourth-order valence-electron chi connectivity index (χ4n) is 1.91. The molecule has 3 aromatic rings. The summed E-state index contributed by atoms with van der Waals surface area (Å²) in [6.45, 7) is 0. The van der Waals surface area contributed by atoms with Crippen LogP contribution in [0.15, 0.2) is 58.8 Å². The second-order valence-corrected chi connectivity index (χ2v) is 6.22. The van der Waals surface area contributed by atoms with Crippen LogP contribution in [0.2, 0.25) is 0 Å². The SMILES string of the molecule is COc1ccc(S(=O)(=O)c2ccc3cnncc3c2)nc1. The van der Waals surface area contributed by atoms with E-state index in [2.05, 4.69) is 15.2 Å². The van der Waals surface area contributed by atoms with E-state index in [0.717, 1.165) is 5.39 Å². The minimum absolute atomic E-state index is 0.0235. The minimum atomic E-state index is -3.67. The smallest absolute Gasteiger partial charge is 0.223 e. The van der Waals surface area contributed by atoms with Crippen molar-refractivity contribution in [3.05, 3.63) is 48.9 Å². The Morgan fingerprint density at radius 1 is 0.952 bits per heavy atom. The maximum Gasteiger partial charge on any atom is 0.223 e. The van der Waals surface area contributed by atoms with Crippen molar-refractivity contribution in [1.29, 1.82) is 0 Å². The van der Waals surface area contributed by atoms with Crippen LogP contribution in [0, 0.1) is 0 Å². The fourth-order valence-corrected chi connectivity index (χ4v) is 3.12. The van der Waals surface area contributed by atoms with Crippen LogP contribution in [0.1, 0.15) is 0 Å². The number of hydrogen-bond acceptors (Lipinski definition) is 6. The van der Waals surface area contributed by atoms with Crippen LogP contribution in [-0.2, 0) is 9.84 Å². The van der Waals surface area contributed by atoms with Crippen molar-refractivity contribution in [3.8, 4) is 5.75 Å². The Hall–Kier alpha value is -2.54. The number of fused-ring (bicyclic) bond motifs is 1. The lowest BCUT2D eigenvalue weighted by Crippen LogP contribution is -2.04. The molecule has 0 amide bonds. The summed E-state index contributed by atoms with van der Waals surface area (Å²) in [6.07, 6.45) is 4.48. The summed E-state index contributed by atoms with van der Waals surface area (Å²) in [5, 5.41) is 9.02. The number of aromatic nitrogens is 3. The first-order chi connectivity index (χ1) is 10.1. The maximum atomic E-state index is 12.5. The van der Waals surface area contributed by atoms with Crippen LogP contribution in [0.3, 0.4) is 0 Å². The Bertz CT molecular complexity index is 893. The minimum Gasteiger partial charge on any atom is -0.495 e. The lowest BCUT2D eigenvalue weighted by molar-refractivity contribution is 0.412. The maximum absolute atomic E-state index is 12.5. The van der Waals surface area contributed by atoms with Crippen LogP contribution in [-0.4, -0.2) is 30.7 Å². The van der Waals surface area contributed by atoms with Gasteiger partial charge in [0.2, 0.25) is 9.84 Å². The van der Waals surface area contributed by atoms with Gasteiger partial charge in [0.15, 0.2) is 5.03 Å². The van der Waals surface area contributed by atoms with Crippen molar-refractivity contribution in [3.63, 3.8) is 0 Å². The largest absolute Gasteiger partial charge is 0.495 e. The van der Waals surface area contributed by atoms with Crippen molar-refractivity contribution < 1.29 is 13.2 Å². The molecule has 0 fully saturated rings. The third-order valence-corrected chi connectivity index (χ3v) is 4.72. The van der Waals surface area contributed by atoms with Gasteiger partial charge in [0.25, 0.3) is 0 Å². The molecular weight excluding hydrogens is 290 g/mol. The Morgan fingerprint density at radius 2 is 1.71 bits per heavy atom. The van der Waals surface area contributed by atoms with Crippen LogP contribution in [0.4, 0.5) is 0 Å². The van der Waals surface area contributed by atoms with E-state index in [4.69, 9.17) is 4.74 Å². The van der Waals surface area contributed by atoms with Crippen LogP contribution >= 0.6 is 0 Å². The van der Waals surface area contributed by atoms with Gasteiger partial charge in [-0.25, -0.2) is 13.4 Å². The molecule has 0 saturated carbocycles. The van der Waals surface area contributed by atoms with E-state index in [9.17, 15) is 8.42 Å². The Labute approximate surface area is 121 Å². The average molecular weight is 301 g/mol. The molecule has 0 aliphatic carbocycles. The van der Waals surface area contributed by atoms with Crippen LogP contribution in [0.25, 0.3) is 10.8 Å². The van der Waals surface area contributed by atoms with E-state index >= 15 is 0 Å². The van der Waals surface area contributed by atoms with Crippen LogP contribution < -0.4 is 4.74 Å². The predicted octanol–water partition coefficient (Wildman–Crippen LogP) is 1.87. The highest BCUT2D eigenvalue weighted by atomic mass is 32.2. The summed E-state index contributed by atoms with van der Waals surface area (Å²) in [5.74, 6) is 0.503. The summed E-state index contributed by atoms with van der Waals surface area (Å²) < 4.78 is 30.0. The number of methoxy groups -OCH3 is 1. The predicted molar refractivity (Wildman–Crippen MR) is 75.8 cm³/mol. The highest BCUT2D eigenvalue weighted by Crippen LogP contribution is 2.23. The van der Waals surface area contributed by atoms with Gasteiger partial charge in [0.1, 0.15) is 5.75 Å². The summed E-state index contributed by atoms with van der Waals surface area (Å²) >= 11 is 0. The van der Waals surface area contributed by atoms with Crippen molar-refractivity contribution in [2.75, 3.05) is 7.11 Å². The molecule has 0 saturated heterocycles. The molecule has 6 nitrogen and oxygen atoms in total. The Kier molecular flexibility index (Phi) is 3.26. The normalized spacial score (nSPS) is 11.5. The lowest BCUT2D eigenvalue weighted by atomic mass is 10.2. The molecule has 0 bridgehead atoms. The zero-order valence-corrected chi connectivity index (χ0v) is 11.9. The molecule has 0 radical (unpaired) electrons. The summed E-state index contributed by atoms with van der Waals surface area (Å²) in [6, 6.07) is 7.77. The average Bonchev–Trinajstić information content (AvgIpc) is 2.54. The van der Waals surface area contributed by atoms with Gasteiger partial charge >= 0.3 is 0 Å². The van der Waals surface area contributed by atoms with Crippen molar-refractivity contribution >= 4 is 20.6 Å². The third-order valence-electron chi connectivity index (χ3n) is 3.05. The molecule has 0 unspecified atom stereocenters. The Morgan fingerprint density at radius 3 is 2.38 bits per heavy atom. The first-order valence-corrected chi connectivity index (χ1v) is 7.55. The monoisotopic (exact) mass is 301 g/mol. The second-order valence-electron chi connectivity index (χ2n) is 4.32. The zero-order valence-electron chi connectivity index (χ0n) is 11.1. The number of sulfone groups is 1. The van der Waals surface area contributed by atoms with E-state index in [0.29, 0.717) is 11.1 Å². The van der Waals surface area contributed by atoms with Gasteiger partial charge in [-0.1, -0.05) is 6.07 Å². The number of rotatable bonds is 3. The molecular formula is C14H11N3O3S. The summed E-state index contributed by atoms with van der Waals surface area (Å²) in [4.78, 5) is 4.10. The van der Waals surface area contributed by atoms with Gasteiger partial charge in [-0.2, -0.15) is 10.2 Å². The highest BCUT2D eigenvalue weighted by Gasteiger charge is 2.19. The molecule has 1 aromatic carbocycles. The Balaban J connectivity index is 2.10. The van der Waals surface area contributed by atoms with Crippen LogP contribution in [0.5, 0.6) is 5.75 Å². The van der Waals surface area contributed by atoms with Gasteiger partial charge in [-0.3, -0.25) is 0 Å². The molecule has 0 N–H and O–H groups in total. The molecule has 21 heavy (non-hydrogen) atoms. The molecule has 3 rings (SSSR count). The molecule has 7 heteroatoms. The number of benzene rings is 1. The molecule has 2 heterocycles. The zero-order chi connectivity index (χ0) is 14.9. The molecule has 0 aliphatic heterocycles. The fraction of sp³-hybridized carbons (Fsp3) is 0.0714. The van der Waals surface area contributed by atoms with Gasteiger partial charge in [-0.05, 0) is 24.3 Å². The molecule has 0 spiro atoms. The van der Waals surface area contributed by atoms with Gasteiger partial charge in [0, 0.05) is 10.8 Å². The molecule has 2 aromatic heterocycles. The van der Waals surface area contributed by atoms with E-state index in [-0.39, 0.29) is 9.92 Å². The van der Waals surface area contributed by atoms with Gasteiger partial charge in [-0.15, -0.1) is 0 Å². The first-order valence-electron chi connectivity index (χ1n) is 6.07. The van der Waals surface area contributed by atoms with Crippen molar-refractivity contribution in [2.24, 2.45) is 0 Å². The number of hydrogen-bond donors (Lipinski definition) is 0.